The summed E-state index contributed by atoms with van der Waals surface area (Å²) in [6.07, 6.45) is 5.34. The Morgan fingerprint density at radius 2 is 2.17 bits per heavy atom. The van der Waals surface area contributed by atoms with E-state index in [0.717, 1.165) is 0 Å². The van der Waals surface area contributed by atoms with Gasteiger partial charge >= 0.3 is 17.8 Å². The third-order valence-corrected chi connectivity index (χ3v) is 4.00. The van der Waals surface area contributed by atoms with Crippen LogP contribution in [0.3, 0.4) is 0 Å². The second kappa shape index (κ2) is 6.01. The fourth-order valence-corrected chi connectivity index (χ4v) is 2.79. The first-order valence-electron chi connectivity index (χ1n) is 7.30. The summed E-state index contributed by atoms with van der Waals surface area (Å²) in [5.41, 5.74) is 1.31. The largest absolute Gasteiger partial charge is 0.346 e. The minimum atomic E-state index is -0.578. The van der Waals surface area contributed by atoms with Gasteiger partial charge in [-0.25, -0.2) is 4.79 Å². The van der Waals surface area contributed by atoms with Gasteiger partial charge in [-0.1, -0.05) is 12.0 Å². The van der Waals surface area contributed by atoms with E-state index in [-0.39, 0.29) is 12.1 Å². The highest BCUT2D eigenvalue weighted by atomic mass is 16.2. The number of piperazine rings is 2. The molecule has 1 aromatic rings. The lowest BCUT2D eigenvalue weighted by Crippen LogP contribution is -2.66. The van der Waals surface area contributed by atoms with Crippen LogP contribution in [0.4, 0.5) is 10.5 Å². The summed E-state index contributed by atoms with van der Waals surface area (Å²) in [5, 5.41) is 5.35. The Balaban J connectivity index is 1.64. The number of hydrogen-bond acceptors (Lipinski definition) is 3. The van der Waals surface area contributed by atoms with Crippen LogP contribution in [0.25, 0.3) is 0 Å². The molecule has 2 aliphatic rings. The summed E-state index contributed by atoms with van der Waals surface area (Å²) in [6.45, 7) is 1.48. The Bertz CT molecular complexity index is 710. The van der Waals surface area contributed by atoms with Crippen molar-refractivity contribution in [2.45, 2.75) is 6.04 Å². The maximum atomic E-state index is 12.4. The zero-order chi connectivity index (χ0) is 16.4. The minimum absolute atomic E-state index is 0.184. The number of benzene rings is 1. The first-order valence-corrected chi connectivity index (χ1v) is 7.30. The molecule has 2 heterocycles. The highest BCUT2D eigenvalue weighted by Crippen LogP contribution is 2.15. The third kappa shape index (κ3) is 2.97. The number of amides is 4. The zero-order valence-corrected chi connectivity index (χ0v) is 12.4. The molecule has 3 rings (SSSR count). The SMILES string of the molecule is C#Cc1cccc(NC(=O)N2CCN3C(=O)C(=O)NCC3C2)c1. The fourth-order valence-electron chi connectivity index (χ4n) is 2.79. The van der Waals surface area contributed by atoms with Crippen molar-refractivity contribution in [2.75, 3.05) is 31.5 Å². The number of hydrogen-bond donors (Lipinski definition) is 2. The molecule has 1 unspecified atom stereocenters. The van der Waals surface area contributed by atoms with Crippen molar-refractivity contribution in [3.63, 3.8) is 0 Å². The summed E-state index contributed by atoms with van der Waals surface area (Å²) >= 11 is 0. The van der Waals surface area contributed by atoms with Gasteiger partial charge in [0.25, 0.3) is 0 Å². The predicted molar refractivity (Wildman–Crippen MR) is 83.5 cm³/mol. The smallest absolute Gasteiger partial charge is 0.321 e. The molecule has 2 saturated heterocycles. The molecule has 118 valence electrons. The maximum absolute atomic E-state index is 12.4. The molecule has 1 atom stereocenters. The maximum Gasteiger partial charge on any atom is 0.321 e. The van der Waals surface area contributed by atoms with E-state index in [4.69, 9.17) is 6.42 Å². The number of carbonyl (C=O) groups is 3. The summed E-state index contributed by atoms with van der Waals surface area (Å²) in [6, 6.07) is 6.61. The molecule has 1 aromatic carbocycles. The summed E-state index contributed by atoms with van der Waals surface area (Å²) < 4.78 is 0. The van der Waals surface area contributed by atoms with Crippen molar-refractivity contribution in [2.24, 2.45) is 0 Å². The van der Waals surface area contributed by atoms with Crippen molar-refractivity contribution in [3.05, 3.63) is 29.8 Å². The second-order valence-electron chi connectivity index (χ2n) is 5.46. The third-order valence-electron chi connectivity index (χ3n) is 4.00. The molecule has 2 N–H and O–H groups in total. The average Bonchev–Trinajstić information content (AvgIpc) is 2.58. The van der Waals surface area contributed by atoms with Gasteiger partial charge in [0.1, 0.15) is 0 Å². The van der Waals surface area contributed by atoms with Crippen LogP contribution >= 0.6 is 0 Å². The lowest BCUT2D eigenvalue weighted by Gasteiger charge is -2.43. The number of urea groups is 1. The van der Waals surface area contributed by atoms with Crippen LogP contribution in [0, 0.1) is 12.3 Å². The number of terminal acetylenes is 1. The standard InChI is InChI=1S/C16H16N4O3/c1-2-11-4-3-5-12(8-11)18-16(23)19-6-7-20-13(10-19)9-17-14(21)15(20)22/h1,3-5,8,13H,6-7,9-10H2,(H,17,21)(H,18,23). The van der Waals surface area contributed by atoms with Crippen LogP contribution < -0.4 is 10.6 Å². The van der Waals surface area contributed by atoms with E-state index in [9.17, 15) is 14.4 Å². The molecule has 4 amide bonds. The molecule has 0 aliphatic carbocycles. The van der Waals surface area contributed by atoms with Gasteiger partial charge in [-0.3, -0.25) is 9.59 Å². The highest BCUT2D eigenvalue weighted by Gasteiger charge is 2.38. The average molecular weight is 312 g/mol. The first-order chi connectivity index (χ1) is 11.1. The van der Waals surface area contributed by atoms with Crippen LogP contribution in [0.2, 0.25) is 0 Å². The van der Waals surface area contributed by atoms with E-state index < -0.39 is 11.8 Å². The summed E-state index contributed by atoms with van der Waals surface area (Å²) in [5.74, 6) is 1.41. The van der Waals surface area contributed by atoms with Gasteiger partial charge < -0.3 is 20.4 Å². The van der Waals surface area contributed by atoms with Crippen LogP contribution in [-0.4, -0.2) is 59.9 Å². The van der Waals surface area contributed by atoms with Crippen molar-refractivity contribution in [1.82, 2.24) is 15.1 Å². The van der Waals surface area contributed by atoms with E-state index in [1.54, 1.807) is 29.2 Å². The van der Waals surface area contributed by atoms with E-state index in [1.807, 2.05) is 0 Å². The molecule has 0 radical (unpaired) electrons. The molecule has 23 heavy (non-hydrogen) atoms. The molecule has 0 saturated carbocycles. The summed E-state index contributed by atoms with van der Waals surface area (Å²) in [4.78, 5) is 38.7. The fraction of sp³-hybridized carbons (Fsp3) is 0.312. The molecule has 2 aliphatic heterocycles. The van der Waals surface area contributed by atoms with Crippen molar-refractivity contribution in [3.8, 4) is 12.3 Å². The first kappa shape index (κ1) is 14.9. The van der Waals surface area contributed by atoms with Crippen molar-refractivity contribution >= 4 is 23.5 Å². The Morgan fingerprint density at radius 1 is 1.35 bits per heavy atom. The van der Waals surface area contributed by atoms with E-state index in [2.05, 4.69) is 16.6 Å². The van der Waals surface area contributed by atoms with Crippen molar-refractivity contribution in [1.29, 1.82) is 0 Å². The van der Waals surface area contributed by atoms with Crippen LogP contribution in [-0.2, 0) is 9.59 Å². The second-order valence-corrected chi connectivity index (χ2v) is 5.46. The normalized spacial score (nSPS) is 20.4. The highest BCUT2D eigenvalue weighted by molar-refractivity contribution is 6.35. The van der Waals surface area contributed by atoms with Crippen LogP contribution in [0.15, 0.2) is 24.3 Å². The molecular formula is C16H16N4O3. The van der Waals surface area contributed by atoms with Gasteiger partial charge in [0.2, 0.25) is 0 Å². The van der Waals surface area contributed by atoms with Gasteiger partial charge in [0, 0.05) is 37.4 Å². The zero-order valence-electron chi connectivity index (χ0n) is 12.4. The molecule has 2 fully saturated rings. The number of carbonyl (C=O) groups excluding carboxylic acids is 3. The van der Waals surface area contributed by atoms with Gasteiger partial charge in [-0.05, 0) is 18.2 Å². The Hall–Kier alpha value is -3.01. The number of anilines is 1. The lowest BCUT2D eigenvalue weighted by atomic mass is 10.1. The van der Waals surface area contributed by atoms with Crippen LogP contribution in [0.5, 0.6) is 0 Å². The number of rotatable bonds is 1. The Morgan fingerprint density at radius 3 is 2.96 bits per heavy atom. The quantitative estimate of drug-likeness (QED) is 0.558. The predicted octanol–water partition coefficient (Wildman–Crippen LogP) is -0.158. The summed E-state index contributed by atoms with van der Waals surface area (Å²) in [7, 11) is 0. The lowest BCUT2D eigenvalue weighted by molar-refractivity contribution is -0.152. The molecule has 0 spiro atoms. The van der Waals surface area contributed by atoms with Crippen molar-refractivity contribution < 1.29 is 14.4 Å². The van der Waals surface area contributed by atoms with Gasteiger partial charge in [-0.2, -0.15) is 0 Å². The molecule has 7 nitrogen and oxygen atoms in total. The van der Waals surface area contributed by atoms with E-state index >= 15 is 0 Å². The topological polar surface area (TPSA) is 81.8 Å². The molecule has 7 heteroatoms. The monoisotopic (exact) mass is 312 g/mol. The molecular weight excluding hydrogens is 296 g/mol. The number of fused-ring (bicyclic) bond motifs is 1. The van der Waals surface area contributed by atoms with Gasteiger partial charge in [-0.15, -0.1) is 6.42 Å². The molecule has 0 aromatic heterocycles. The van der Waals surface area contributed by atoms with Crippen LogP contribution in [0.1, 0.15) is 5.56 Å². The number of nitrogens with one attached hydrogen (secondary N) is 2. The minimum Gasteiger partial charge on any atom is -0.346 e. The Kier molecular flexibility index (Phi) is 3.89. The molecule has 0 bridgehead atoms. The van der Waals surface area contributed by atoms with Gasteiger partial charge in [0.05, 0.1) is 6.04 Å². The van der Waals surface area contributed by atoms with Gasteiger partial charge in [0.15, 0.2) is 0 Å². The Labute approximate surface area is 133 Å². The number of nitrogens with zero attached hydrogens (tertiary/aromatic N) is 2. The van der Waals surface area contributed by atoms with E-state index in [0.29, 0.717) is 37.4 Å². The van der Waals surface area contributed by atoms with E-state index in [1.165, 1.54) is 4.90 Å².